The Morgan fingerprint density at radius 1 is 1.19 bits per heavy atom. The number of hydrogen-bond acceptors (Lipinski definition) is 3. The maximum absolute atomic E-state index is 12.7. The van der Waals surface area contributed by atoms with Crippen LogP contribution in [0.1, 0.15) is 60.6 Å². The average molecular weight is 356 g/mol. The Hall–Kier alpha value is -2.04. The molecule has 1 aromatic rings. The predicted molar refractivity (Wildman–Crippen MR) is 99.1 cm³/mol. The molecule has 5 heteroatoms. The van der Waals surface area contributed by atoms with E-state index in [1.165, 1.54) is 29.5 Å². The van der Waals surface area contributed by atoms with Crippen molar-refractivity contribution in [1.29, 1.82) is 0 Å². The number of rotatable bonds is 4. The van der Waals surface area contributed by atoms with Crippen LogP contribution in [0.2, 0.25) is 0 Å². The lowest BCUT2D eigenvalue weighted by Gasteiger charge is -2.42. The minimum Gasteiger partial charge on any atom is -0.450 e. The summed E-state index contributed by atoms with van der Waals surface area (Å²) in [5.74, 6) is 1.30. The topological polar surface area (TPSA) is 58.6 Å². The summed E-state index contributed by atoms with van der Waals surface area (Å²) in [4.78, 5) is 25.9. The van der Waals surface area contributed by atoms with Gasteiger partial charge >= 0.3 is 6.09 Å². The fourth-order valence-corrected chi connectivity index (χ4v) is 4.31. The Morgan fingerprint density at radius 2 is 1.96 bits per heavy atom. The van der Waals surface area contributed by atoms with Crippen LogP contribution in [0.5, 0.6) is 0 Å². The molecule has 1 N–H and O–H groups in total. The predicted octanol–water partition coefficient (Wildman–Crippen LogP) is 3.32. The Labute approximate surface area is 155 Å². The van der Waals surface area contributed by atoms with Crippen molar-refractivity contribution < 1.29 is 14.3 Å². The Balaban J connectivity index is 1.33. The minimum atomic E-state index is -0.420. The van der Waals surface area contributed by atoms with Gasteiger partial charge in [-0.25, -0.2) is 4.79 Å². The summed E-state index contributed by atoms with van der Waals surface area (Å²) in [5, 5.41) is 2.66. The number of carbonyl (C=O) groups excluding carboxylic acids is 2. The van der Waals surface area contributed by atoms with Crippen LogP contribution in [-0.2, 0) is 9.53 Å². The van der Waals surface area contributed by atoms with E-state index in [-0.39, 0.29) is 11.8 Å². The molecule has 1 aromatic carbocycles. The van der Waals surface area contributed by atoms with E-state index in [1.54, 1.807) is 0 Å². The molecule has 0 spiro atoms. The largest absolute Gasteiger partial charge is 0.450 e. The van der Waals surface area contributed by atoms with Gasteiger partial charge in [0.25, 0.3) is 0 Å². The van der Waals surface area contributed by atoms with Gasteiger partial charge in [0.05, 0.1) is 12.5 Å². The van der Waals surface area contributed by atoms with Crippen molar-refractivity contribution in [3.8, 4) is 0 Å². The first-order valence-electron chi connectivity index (χ1n) is 9.80. The van der Waals surface area contributed by atoms with Crippen molar-refractivity contribution in [2.45, 2.75) is 56.9 Å². The maximum Gasteiger partial charge on any atom is 0.407 e. The number of carbonyl (C=O) groups is 2. The smallest absolute Gasteiger partial charge is 0.407 e. The van der Waals surface area contributed by atoms with Gasteiger partial charge in [0.2, 0.25) is 5.91 Å². The highest BCUT2D eigenvalue weighted by atomic mass is 16.5. The summed E-state index contributed by atoms with van der Waals surface area (Å²) in [6, 6.07) is 7.27. The fourth-order valence-electron chi connectivity index (χ4n) is 4.31. The first kappa shape index (κ1) is 17.4. The Kier molecular flexibility index (Phi) is 4.63. The van der Waals surface area contributed by atoms with Crippen LogP contribution in [0.25, 0.3) is 0 Å². The summed E-state index contributed by atoms with van der Waals surface area (Å²) in [6.07, 6.45) is 4.91. The lowest BCUT2D eigenvalue weighted by molar-refractivity contribution is -0.138. The van der Waals surface area contributed by atoms with Crippen LogP contribution >= 0.6 is 0 Å². The molecule has 1 atom stereocenters. The normalized spacial score (nSPS) is 28.4. The zero-order chi connectivity index (χ0) is 18.3. The minimum absolute atomic E-state index is 0.125. The van der Waals surface area contributed by atoms with Crippen molar-refractivity contribution in [3.05, 3.63) is 34.9 Å². The molecular weight excluding hydrogens is 328 g/mol. The number of ether oxygens (including phenoxy) is 1. The second kappa shape index (κ2) is 6.93. The second-order valence-corrected chi connectivity index (χ2v) is 8.16. The third kappa shape index (κ3) is 3.44. The molecule has 0 bridgehead atoms. The molecule has 2 saturated carbocycles. The van der Waals surface area contributed by atoms with Crippen molar-refractivity contribution in [1.82, 2.24) is 10.2 Å². The van der Waals surface area contributed by atoms with Crippen LogP contribution < -0.4 is 5.32 Å². The molecule has 0 unspecified atom stereocenters. The number of alkyl carbamates (subject to hydrolysis) is 1. The molecule has 26 heavy (non-hydrogen) atoms. The van der Waals surface area contributed by atoms with Crippen molar-refractivity contribution in [2.24, 2.45) is 5.92 Å². The Morgan fingerprint density at radius 3 is 2.65 bits per heavy atom. The SMILES string of the molecule is Cc1cc([C@H]2C[C@@H](N(C)C(=O)[C@@H]3CCOC(=O)NC3)C2)ccc1C1CC1. The van der Waals surface area contributed by atoms with E-state index >= 15 is 0 Å². The maximum atomic E-state index is 12.7. The van der Waals surface area contributed by atoms with E-state index in [0.29, 0.717) is 31.5 Å². The molecule has 5 nitrogen and oxygen atoms in total. The molecule has 3 fully saturated rings. The van der Waals surface area contributed by atoms with E-state index in [0.717, 1.165) is 18.8 Å². The van der Waals surface area contributed by atoms with E-state index in [2.05, 4.69) is 30.4 Å². The number of cyclic esters (lactones) is 1. The van der Waals surface area contributed by atoms with E-state index in [1.807, 2.05) is 11.9 Å². The molecule has 4 rings (SSSR count). The number of aryl methyl sites for hydroxylation is 1. The van der Waals surface area contributed by atoms with Crippen LogP contribution in [0, 0.1) is 12.8 Å². The molecule has 1 saturated heterocycles. The van der Waals surface area contributed by atoms with Crippen LogP contribution in [-0.4, -0.2) is 43.1 Å². The average Bonchev–Trinajstić information content (AvgIpc) is 3.41. The molecule has 2 amide bonds. The van der Waals surface area contributed by atoms with Gasteiger partial charge in [-0.2, -0.15) is 0 Å². The molecule has 1 heterocycles. The number of amides is 2. The van der Waals surface area contributed by atoms with Crippen molar-refractivity contribution in [2.75, 3.05) is 20.2 Å². The molecule has 1 aliphatic heterocycles. The summed E-state index contributed by atoms with van der Waals surface area (Å²) in [6.45, 7) is 2.92. The molecule has 3 aliphatic rings. The van der Waals surface area contributed by atoms with Crippen molar-refractivity contribution >= 4 is 12.0 Å². The summed E-state index contributed by atoms with van der Waals surface area (Å²) >= 11 is 0. The van der Waals surface area contributed by atoms with Crippen LogP contribution in [0.4, 0.5) is 4.79 Å². The second-order valence-electron chi connectivity index (χ2n) is 8.16. The Bertz CT molecular complexity index is 707. The van der Waals surface area contributed by atoms with Gasteiger partial charge in [0.15, 0.2) is 0 Å². The standard InChI is InChI=1S/C21H28N2O3/c1-13-9-15(5-6-19(13)14-3-4-14)17-10-18(11-17)23(2)20(24)16-7-8-26-21(25)22-12-16/h5-6,9,14,16-18H,3-4,7-8,10-12H2,1-2H3,(H,22,25)/t16-,17-,18+/m1/s1. The van der Waals surface area contributed by atoms with Gasteiger partial charge in [-0.3, -0.25) is 4.79 Å². The molecule has 140 valence electrons. The van der Waals surface area contributed by atoms with E-state index in [9.17, 15) is 9.59 Å². The number of benzene rings is 1. The summed E-state index contributed by atoms with van der Waals surface area (Å²) < 4.78 is 4.96. The van der Waals surface area contributed by atoms with E-state index in [4.69, 9.17) is 4.74 Å². The highest BCUT2D eigenvalue weighted by molar-refractivity contribution is 5.80. The third-order valence-corrected chi connectivity index (χ3v) is 6.33. The lowest BCUT2D eigenvalue weighted by Crippen LogP contribution is -2.48. The third-order valence-electron chi connectivity index (χ3n) is 6.33. The number of hydrogen-bond donors (Lipinski definition) is 1. The van der Waals surface area contributed by atoms with E-state index < -0.39 is 6.09 Å². The highest BCUT2D eigenvalue weighted by Crippen LogP contribution is 2.44. The quantitative estimate of drug-likeness (QED) is 0.900. The molecule has 0 radical (unpaired) electrons. The monoisotopic (exact) mass is 356 g/mol. The zero-order valence-electron chi connectivity index (χ0n) is 15.7. The summed E-state index contributed by atoms with van der Waals surface area (Å²) in [7, 11) is 1.90. The van der Waals surface area contributed by atoms with Crippen LogP contribution in [0.15, 0.2) is 18.2 Å². The number of nitrogens with one attached hydrogen (secondary N) is 1. The van der Waals surface area contributed by atoms with Gasteiger partial charge in [-0.05, 0) is 67.6 Å². The van der Waals surface area contributed by atoms with Gasteiger partial charge in [0, 0.05) is 19.6 Å². The zero-order valence-corrected chi connectivity index (χ0v) is 15.7. The summed E-state index contributed by atoms with van der Waals surface area (Å²) in [5.41, 5.74) is 4.36. The molecule has 2 aliphatic carbocycles. The van der Waals surface area contributed by atoms with Crippen LogP contribution in [0.3, 0.4) is 0 Å². The first-order valence-corrected chi connectivity index (χ1v) is 9.80. The van der Waals surface area contributed by atoms with Gasteiger partial charge < -0.3 is 15.0 Å². The molecule has 0 aromatic heterocycles. The molecular formula is C21H28N2O3. The van der Waals surface area contributed by atoms with Gasteiger partial charge in [-0.1, -0.05) is 18.2 Å². The van der Waals surface area contributed by atoms with Gasteiger partial charge in [-0.15, -0.1) is 0 Å². The highest BCUT2D eigenvalue weighted by Gasteiger charge is 2.37. The van der Waals surface area contributed by atoms with Gasteiger partial charge in [0.1, 0.15) is 0 Å². The first-order chi connectivity index (χ1) is 12.5. The lowest BCUT2D eigenvalue weighted by atomic mass is 9.74. The number of nitrogens with zero attached hydrogens (tertiary/aromatic N) is 1. The van der Waals surface area contributed by atoms with Crippen molar-refractivity contribution in [3.63, 3.8) is 0 Å². The fraction of sp³-hybridized carbons (Fsp3) is 0.619.